The van der Waals surface area contributed by atoms with Crippen LogP contribution in [0, 0.1) is 0 Å². The molecule has 0 aliphatic carbocycles. The van der Waals surface area contributed by atoms with Gasteiger partial charge in [-0.25, -0.2) is 0 Å². The zero-order chi connectivity index (χ0) is 8.43. The highest BCUT2D eigenvalue weighted by molar-refractivity contribution is 14.1. The third-order valence-corrected chi connectivity index (χ3v) is 4.71. The van der Waals surface area contributed by atoms with Crippen molar-refractivity contribution in [2.45, 2.75) is 23.6 Å². The summed E-state index contributed by atoms with van der Waals surface area (Å²) in [7, 11) is 0. The number of hydrogen-bond acceptors (Lipinski definition) is 4. The fourth-order valence-electron chi connectivity index (χ4n) is 1.00. The van der Waals surface area contributed by atoms with E-state index in [1.807, 2.05) is 0 Å². The number of alkyl halides is 1. The minimum Gasteiger partial charge on any atom is -0.389 e. The van der Waals surface area contributed by atoms with Crippen molar-refractivity contribution in [2.75, 3.05) is 10.2 Å². The Labute approximate surface area is 83.3 Å². The molecule has 1 saturated heterocycles. The Morgan fingerprint density at radius 3 is 2.45 bits per heavy atom. The number of aliphatic hydroxyl groups excluding tert-OH is 3. The molecule has 0 radical (unpaired) electrons. The Kier molecular flexibility index (Phi) is 3.90. The first-order valence-electron chi connectivity index (χ1n) is 3.38. The van der Waals surface area contributed by atoms with Crippen LogP contribution in [0.3, 0.4) is 0 Å². The summed E-state index contributed by atoms with van der Waals surface area (Å²) in [4.78, 5) is 0. The monoisotopic (exact) mass is 290 g/mol. The molecule has 3 nitrogen and oxygen atoms in total. The highest BCUT2D eigenvalue weighted by atomic mass is 127. The average molecular weight is 290 g/mol. The normalized spacial score (nSPS) is 45.8. The van der Waals surface area contributed by atoms with E-state index in [2.05, 4.69) is 22.6 Å². The molecule has 0 unspecified atom stereocenters. The number of aliphatic hydroxyl groups is 3. The number of thioether (sulfide) groups is 1. The van der Waals surface area contributed by atoms with Gasteiger partial charge in [-0.2, -0.15) is 11.8 Å². The van der Waals surface area contributed by atoms with Gasteiger partial charge in [0.1, 0.15) is 6.10 Å². The summed E-state index contributed by atoms with van der Waals surface area (Å²) in [5.41, 5.74) is 0. The van der Waals surface area contributed by atoms with Crippen LogP contribution in [0.5, 0.6) is 0 Å². The molecule has 0 spiro atoms. The van der Waals surface area contributed by atoms with Crippen molar-refractivity contribution in [3.05, 3.63) is 0 Å². The molecule has 0 aromatic rings. The molecular weight excluding hydrogens is 279 g/mol. The molecule has 1 rings (SSSR count). The van der Waals surface area contributed by atoms with Crippen molar-refractivity contribution in [2.24, 2.45) is 0 Å². The second-order valence-electron chi connectivity index (χ2n) is 2.57. The maximum absolute atomic E-state index is 9.37. The predicted octanol–water partition coefficient (Wildman–Crippen LogP) is -0.381. The van der Waals surface area contributed by atoms with Crippen molar-refractivity contribution in [3.63, 3.8) is 0 Å². The van der Waals surface area contributed by atoms with Gasteiger partial charge >= 0.3 is 0 Å². The fourth-order valence-corrected chi connectivity index (χ4v) is 3.38. The van der Waals surface area contributed by atoms with Gasteiger partial charge in [-0.05, 0) is 0 Å². The van der Waals surface area contributed by atoms with Crippen molar-refractivity contribution in [1.29, 1.82) is 0 Å². The van der Waals surface area contributed by atoms with Crippen LogP contribution in [-0.2, 0) is 0 Å². The van der Waals surface area contributed by atoms with Crippen LogP contribution in [-0.4, -0.2) is 49.1 Å². The molecular formula is C6H11IO3S. The van der Waals surface area contributed by atoms with E-state index in [1.165, 1.54) is 11.8 Å². The molecule has 3 N–H and O–H groups in total. The lowest BCUT2D eigenvalue weighted by molar-refractivity contribution is -0.0527. The Balaban J connectivity index is 2.52. The van der Waals surface area contributed by atoms with Gasteiger partial charge < -0.3 is 15.3 Å². The SMILES string of the molecule is O[C@H]1[C@H](O)[C@@H](CI)SC[C@@H]1O. The van der Waals surface area contributed by atoms with Gasteiger partial charge in [0.15, 0.2) is 0 Å². The lowest BCUT2D eigenvalue weighted by atomic mass is 10.1. The van der Waals surface area contributed by atoms with Crippen LogP contribution in [0.2, 0.25) is 0 Å². The second kappa shape index (κ2) is 4.27. The molecule has 0 aromatic heterocycles. The first-order chi connectivity index (χ1) is 5.16. The molecule has 1 aliphatic heterocycles. The van der Waals surface area contributed by atoms with Crippen molar-refractivity contribution < 1.29 is 15.3 Å². The summed E-state index contributed by atoms with van der Waals surface area (Å²) >= 11 is 3.68. The van der Waals surface area contributed by atoms with E-state index in [0.717, 1.165) is 4.43 Å². The summed E-state index contributed by atoms with van der Waals surface area (Å²) in [6.07, 6.45) is -2.51. The van der Waals surface area contributed by atoms with E-state index in [4.69, 9.17) is 5.11 Å². The molecule has 5 heteroatoms. The van der Waals surface area contributed by atoms with Crippen molar-refractivity contribution in [3.8, 4) is 0 Å². The van der Waals surface area contributed by atoms with Crippen LogP contribution in [0.25, 0.3) is 0 Å². The van der Waals surface area contributed by atoms with E-state index in [-0.39, 0.29) is 5.25 Å². The smallest absolute Gasteiger partial charge is 0.108 e. The highest BCUT2D eigenvalue weighted by Crippen LogP contribution is 2.27. The summed E-state index contributed by atoms with van der Waals surface area (Å²) in [5.74, 6) is 0.520. The minimum absolute atomic E-state index is 0.0639. The topological polar surface area (TPSA) is 60.7 Å². The van der Waals surface area contributed by atoms with Gasteiger partial charge in [-0.15, -0.1) is 0 Å². The second-order valence-corrected chi connectivity index (χ2v) is 4.73. The van der Waals surface area contributed by atoms with E-state index < -0.39 is 18.3 Å². The summed E-state index contributed by atoms with van der Waals surface area (Å²) < 4.78 is 0.799. The molecule has 66 valence electrons. The Morgan fingerprint density at radius 1 is 1.27 bits per heavy atom. The molecule has 0 bridgehead atoms. The van der Waals surface area contributed by atoms with Crippen molar-refractivity contribution in [1.82, 2.24) is 0 Å². The van der Waals surface area contributed by atoms with Gasteiger partial charge in [0.05, 0.1) is 12.2 Å². The molecule has 11 heavy (non-hydrogen) atoms. The van der Waals surface area contributed by atoms with Crippen LogP contribution in [0.15, 0.2) is 0 Å². The van der Waals surface area contributed by atoms with Crippen LogP contribution >= 0.6 is 34.4 Å². The van der Waals surface area contributed by atoms with Gasteiger partial charge in [0.25, 0.3) is 0 Å². The number of halogens is 1. The zero-order valence-electron chi connectivity index (χ0n) is 5.85. The predicted molar refractivity (Wildman–Crippen MR) is 53.2 cm³/mol. The molecule has 0 saturated carbocycles. The Bertz CT molecular complexity index is 133. The van der Waals surface area contributed by atoms with Gasteiger partial charge in [-0.3, -0.25) is 0 Å². The van der Waals surface area contributed by atoms with Crippen LogP contribution in [0.1, 0.15) is 0 Å². The van der Waals surface area contributed by atoms with Gasteiger partial charge in [0.2, 0.25) is 0 Å². The molecule has 1 aliphatic rings. The number of hydrogen-bond donors (Lipinski definition) is 3. The summed E-state index contributed by atoms with van der Waals surface area (Å²) in [6.45, 7) is 0. The molecule has 0 aromatic carbocycles. The Morgan fingerprint density at radius 2 is 1.91 bits per heavy atom. The van der Waals surface area contributed by atoms with Crippen molar-refractivity contribution >= 4 is 34.4 Å². The maximum Gasteiger partial charge on any atom is 0.108 e. The van der Waals surface area contributed by atoms with Gasteiger partial charge in [-0.1, -0.05) is 22.6 Å². The highest BCUT2D eigenvalue weighted by Gasteiger charge is 2.36. The fraction of sp³-hybridized carbons (Fsp3) is 1.00. The first kappa shape index (κ1) is 10.0. The Hall–Kier alpha value is 0.960. The molecule has 1 heterocycles. The molecule has 1 fully saturated rings. The summed E-state index contributed by atoms with van der Waals surface area (Å²) in [6, 6.07) is 0. The zero-order valence-corrected chi connectivity index (χ0v) is 8.83. The third-order valence-electron chi connectivity index (χ3n) is 1.76. The van der Waals surface area contributed by atoms with E-state index in [9.17, 15) is 10.2 Å². The minimum atomic E-state index is -0.962. The first-order valence-corrected chi connectivity index (χ1v) is 5.96. The lowest BCUT2D eigenvalue weighted by Gasteiger charge is -2.33. The van der Waals surface area contributed by atoms with E-state index in [1.54, 1.807) is 0 Å². The summed E-state index contributed by atoms with van der Waals surface area (Å²) in [5, 5.41) is 27.8. The molecule has 0 amide bonds. The van der Waals surface area contributed by atoms with Crippen LogP contribution in [0.4, 0.5) is 0 Å². The third kappa shape index (κ3) is 2.21. The average Bonchev–Trinajstić information content (AvgIpc) is 2.01. The lowest BCUT2D eigenvalue weighted by Crippen LogP contribution is -2.49. The van der Waals surface area contributed by atoms with Crippen LogP contribution < -0.4 is 0 Å². The maximum atomic E-state index is 9.37. The quantitative estimate of drug-likeness (QED) is 0.455. The van der Waals surface area contributed by atoms with Gasteiger partial charge in [0, 0.05) is 15.4 Å². The van der Waals surface area contributed by atoms with E-state index in [0.29, 0.717) is 5.75 Å². The largest absolute Gasteiger partial charge is 0.389 e. The standard InChI is InChI=1S/C6H11IO3S/c7-1-4-6(10)5(9)3(8)2-11-4/h3-6,8-10H,1-2H2/t3-,4+,5+,6+/m0/s1. The molecule has 4 atom stereocenters. The number of rotatable bonds is 1. The van der Waals surface area contributed by atoms with E-state index >= 15 is 0 Å².